The van der Waals surface area contributed by atoms with Gasteiger partial charge in [-0.25, -0.2) is 4.39 Å². The minimum Gasteiger partial charge on any atom is -0.348 e. The first-order chi connectivity index (χ1) is 13.5. The summed E-state index contributed by atoms with van der Waals surface area (Å²) in [6, 6.07) is 16.1. The molecule has 0 heterocycles. The molecule has 2 N–H and O–H groups in total. The molecular formula is C23H21FN2O2. The molecule has 1 saturated carbocycles. The Morgan fingerprint density at radius 1 is 1.04 bits per heavy atom. The Labute approximate surface area is 162 Å². The van der Waals surface area contributed by atoms with Gasteiger partial charge in [0, 0.05) is 12.5 Å². The van der Waals surface area contributed by atoms with Gasteiger partial charge >= 0.3 is 0 Å². The van der Waals surface area contributed by atoms with Crippen LogP contribution in [0.1, 0.15) is 34.3 Å². The zero-order valence-corrected chi connectivity index (χ0v) is 15.6. The van der Waals surface area contributed by atoms with Gasteiger partial charge in [0.1, 0.15) is 5.82 Å². The monoisotopic (exact) mass is 376 g/mol. The third-order valence-electron chi connectivity index (χ3n) is 5.01. The van der Waals surface area contributed by atoms with E-state index in [1.54, 1.807) is 25.1 Å². The molecule has 28 heavy (non-hydrogen) atoms. The molecule has 0 spiro atoms. The van der Waals surface area contributed by atoms with Crippen LogP contribution < -0.4 is 10.6 Å². The second kappa shape index (κ2) is 7.43. The molecule has 3 aromatic rings. The maximum Gasteiger partial charge on any atom is 0.253 e. The Balaban J connectivity index is 1.60. The molecule has 2 amide bonds. The minimum atomic E-state index is -0.279. The van der Waals surface area contributed by atoms with Gasteiger partial charge in [0.25, 0.3) is 5.91 Å². The van der Waals surface area contributed by atoms with E-state index < -0.39 is 0 Å². The number of nitrogens with one attached hydrogen (secondary N) is 2. The van der Waals surface area contributed by atoms with Crippen LogP contribution in [-0.4, -0.2) is 11.8 Å². The number of fused-ring (bicyclic) bond motifs is 1. The van der Waals surface area contributed by atoms with Crippen LogP contribution in [0.5, 0.6) is 0 Å². The normalized spacial score (nSPS) is 13.4. The number of halogens is 1. The van der Waals surface area contributed by atoms with E-state index in [9.17, 15) is 14.0 Å². The van der Waals surface area contributed by atoms with Crippen molar-refractivity contribution in [3.05, 3.63) is 77.1 Å². The van der Waals surface area contributed by atoms with Crippen LogP contribution in [0.3, 0.4) is 0 Å². The number of aryl methyl sites for hydroxylation is 1. The van der Waals surface area contributed by atoms with Crippen LogP contribution in [0.15, 0.2) is 54.6 Å². The number of carbonyl (C=O) groups is 2. The molecule has 0 atom stereocenters. The van der Waals surface area contributed by atoms with Crippen molar-refractivity contribution >= 4 is 28.3 Å². The highest BCUT2D eigenvalue weighted by Crippen LogP contribution is 2.32. The molecule has 0 aromatic heterocycles. The quantitative estimate of drug-likeness (QED) is 0.685. The highest BCUT2D eigenvalue weighted by Gasteiger charge is 2.30. The van der Waals surface area contributed by atoms with Gasteiger partial charge in [0.15, 0.2) is 0 Å². The lowest BCUT2D eigenvalue weighted by molar-refractivity contribution is -0.117. The van der Waals surface area contributed by atoms with Gasteiger partial charge in [0.2, 0.25) is 5.91 Å². The second-order valence-electron chi connectivity index (χ2n) is 7.27. The zero-order chi connectivity index (χ0) is 19.7. The molecule has 1 fully saturated rings. The molecule has 1 aliphatic rings. The average Bonchev–Trinajstić information content (AvgIpc) is 3.53. The van der Waals surface area contributed by atoms with Crippen LogP contribution in [0.4, 0.5) is 10.1 Å². The smallest absolute Gasteiger partial charge is 0.253 e. The van der Waals surface area contributed by atoms with Gasteiger partial charge in [-0.15, -0.1) is 0 Å². The molecule has 0 aliphatic heterocycles. The van der Waals surface area contributed by atoms with Crippen molar-refractivity contribution in [2.75, 3.05) is 5.32 Å². The van der Waals surface area contributed by atoms with Crippen molar-refractivity contribution in [3.63, 3.8) is 0 Å². The molecule has 5 heteroatoms. The van der Waals surface area contributed by atoms with E-state index in [-0.39, 0.29) is 30.1 Å². The number of rotatable bonds is 5. The molecule has 0 saturated heterocycles. The molecule has 4 nitrogen and oxygen atoms in total. The lowest BCUT2D eigenvalue weighted by atomic mass is 10.0. The predicted octanol–water partition coefficient (Wildman–Crippen LogP) is 4.57. The van der Waals surface area contributed by atoms with Crippen LogP contribution in [0.2, 0.25) is 0 Å². The largest absolute Gasteiger partial charge is 0.348 e. The third-order valence-corrected chi connectivity index (χ3v) is 5.01. The standard InChI is InChI=1S/C23H21FN2O2/c1-14-10-15(6-9-20(14)24)13-25-23(28)19-11-17-4-2-3-5-18(17)12-21(19)26-22(27)16-7-8-16/h2-6,9-12,16H,7-8,13H2,1H3,(H,25,28)(H,26,27). The Morgan fingerprint density at radius 2 is 1.75 bits per heavy atom. The first-order valence-electron chi connectivity index (χ1n) is 9.38. The highest BCUT2D eigenvalue weighted by atomic mass is 19.1. The number of benzene rings is 3. The summed E-state index contributed by atoms with van der Waals surface area (Å²) in [6.45, 7) is 1.97. The molecule has 0 bridgehead atoms. The number of hydrogen-bond donors (Lipinski definition) is 2. The van der Waals surface area contributed by atoms with Crippen molar-refractivity contribution in [2.45, 2.75) is 26.3 Å². The van der Waals surface area contributed by atoms with Crippen LogP contribution in [-0.2, 0) is 11.3 Å². The summed E-state index contributed by atoms with van der Waals surface area (Å²) in [4.78, 5) is 25.1. The van der Waals surface area contributed by atoms with Crippen molar-refractivity contribution in [2.24, 2.45) is 5.92 Å². The van der Waals surface area contributed by atoms with E-state index in [4.69, 9.17) is 0 Å². The van der Waals surface area contributed by atoms with Gasteiger partial charge in [0.05, 0.1) is 11.3 Å². The third kappa shape index (κ3) is 3.88. The molecule has 4 rings (SSSR count). The van der Waals surface area contributed by atoms with Gasteiger partial charge < -0.3 is 10.6 Å². The average molecular weight is 376 g/mol. The van der Waals surface area contributed by atoms with Crippen LogP contribution in [0, 0.1) is 18.7 Å². The van der Waals surface area contributed by atoms with Crippen LogP contribution >= 0.6 is 0 Å². The Morgan fingerprint density at radius 3 is 2.43 bits per heavy atom. The molecule has 0 unspecified atom stereocenters. The number of amides is 2. The van der Waals surface area contributed by atoms with E-state index in [1.165, 1.54) is 6.07 Å². The zero-order valence-electron chi connectivity index (χ0n) is 15.6. The molecular weight excluding hydrogens is 355 g/mol. The minimum absolute atomic E-state index is 0.0431. The molecule has 3 aromatic carbocycles. The maximum absolute atomic E-state index is 13.4. The molecule has 1 aliphatic carbocycles. The van der Waals surface area contributed by atoms with Crippen molar-refractivity contribution < 1.29 is 14.0 Å². The Bertz CT molecular complexity index is 1070. The van der Waals surface area contributed by atoms with Gasteiger partial charge in [-0.3, -0.25) is 9.59 Å². The predicted molar refractivity (Wildman–Crippen MR) is 108 cm³/mol. The van der Waals surface area contributed by atoms with Gasteiger partial charge in [-0.05, 0) is 59.9 Å². The number of hydrogen-bond acceptors (Lipinski definition) is 2. The fourth-order valence-corrected chi connectivity index (χ4v) is 3.21. The van der Waals surface area contributed by atoms with Crippen LogP contribution in [0.25, 0.3) is 10.8 Å². The first-order valence-corrected chi connectivity index (χ1v) is 9.38. The molecule has 0 radical (unpaired) electrons. The van der Waals surface area contributed by atoms with Crippen molar-refractivity contribution in [1.82, 2.24) is 5.32 Å². The first kappa shape index (κ1) is 18.2. The molecule has 142 valence electrons. The SMILES string of the molecule is Cc1cc(CNC(=O)c2cc3ccccc3cc2NC(=O)C2CC2)ccc1F. The van der Waals surface area contributed by atoms with E-state index in [0.29, 0.717) is 16.8 Å². The van der Waals surface area contributed by atoms with Gasteiger partial charge in [-0.2, -0.15) is 0 Å². The Kier molecular flexibility index (Phi) is 4.82. The summed E-state index contributed by atoms with van der Waals surface area (Å²) in [5, 5.41) is 7.67. The summed E-state index contributed by atoms with van der Waals surface area (Å²) in [7, 11) is 0. The fraction of sp³-hybridized carbons (Fsp3) is 0.217. The number of carbonyl (C=O) groups excluding carboxylic acids is 2. The van der Waals surface area contributed by atoms with Crippen molar-refractivity contribution in [3.8, 4) is 0 Å². The highest BCUT2D eigenvalue weighted by molar-refractivity contribution is 6.08. The maximum atomic E-state index is 13.4. The lowest BCUT2D eigenvalue weighted by Gasteiger charge is -2.13. The van der Waals surface area contributed by atoms with E-state index in [0.717, 1.165) is 29.2 Å². The van der Waals surface area contributed by atoms with Crippen molar-refractivity contribution in [1.29, 1.82) is 0 Å². The lowest BCUT2D eigenvalue weighted by Crippen LogP contribution is -2.25. The van der Waals surface area contributed by atoms with E-state index in [2.05, 4.69) is 10.6 Å². The summed E-state index contributed by atoms with van der Waals surface area (Å²) in [5.41, 5.74) is 2.29. The van der Waals surface area contributed by atoms with E-state index in [1.807, 2.05) is 30.3 Å². The summed E-state index contributed by atoms with van der Waals surface area (Å²) in [6.07, 6.45) is 1.79. The Hall–Kier alpha value is -3.21. The topological polar surface area (TPSA) is 58.2 Å². The summed E-state index contributed by atoms with van der Waals surface area (Å²) in [5.74, 6) is -0.545. The second-order valence-corrected chi connectivity index (χ2v) is 7.27. The fourth-order valence-electron chi connectivity index (χ4n) is 3.21. The van der Waals surface area contributed by atoms with Gasteiger partial charge in [-0.1, -0.05) is 36.4 Å². The number of anilines is 1. The summed E-state index contributed by atoms with van der Waals surface area (Å²) < 4.78 is 13.4. The summed E-state index contributed by atoms with van der Waals surface area (Å²) >= 11 is 0. The van der Waals surface area contributed by atoms with E-state index >= 15 is 0 Å².